The van der Waals surface area contributed by atoms with Crippen LogP contribution in [-0.4, -0.2) is 11.5 Å². The van der Waals surface area contributed by atoms with Crippen LogP contribution >= 0.6 is 0 Å². The number of nitro groups is 1. The molecule has 0 bridgehead atoms. The standard InChI is InChI=1S/C9H17NO2/c11-10(12)8-4-7-9-5-2-1-3-6-9/h9H,1-8H2. The van der Waals surface area contributed by atoms with Crippen LogP contribution in [-0.2, 0) is 0 Å². The van der Waals surface area contributed by atoms with Crippen molar-refractivity contribution >= 4 is 0 Å². The van der Waals surface area contributed by atoms with Crippen LogP contribution in [0.25, 0.3) is 0 Å². The first-order valence-electron chi connectivity index (χ1n) is 4.91. The lowest BCUT2D eigenvalue weighted by Gasteiger charge is -2.20. The van der Waals surface area contributed by atoms with Gasteiger partial charge in [0.2, 0.25) is 6.54 Å². The molecule has 1 saturated carbocycles. The molecule has 1 aliphatic rings. The van der Waals surface area contributed by atoms with E-state index < -0.39 is 0 Å². The van der Waals surface area contributed by atoms with Gasteiger partial charge in [0.15, 0.2) is 0 Å². The quantitative estimate of drug-likeness (QED) is 0.482. The Hall–Kier alpha value is -0.600. The lowest BCUT2D eigenvalue weighted by molar-refractivity contribution is -0.480. The highest BCUT2D eigenvalue weighted by atomic mass is 16.6. The Morgan fingerprint density at radius 3 is 2.50 bits per heavy atom. The van der Waals surface area contributed by atoms with E-state index in [-0.39, 0.29) is 11.5 Å². The highest BCUT2D eigenvalue weighted by Crippen LogP contribution is 2.26. The number of nitrogens with zero attached hydrogens (tertiary/aromatic N) is 1. The summed E-state index contributed by atoms with van der Waals surface area (Å²) in [6.07, 6.45) is 8.49. The van der Waals surface area contributed by atoms with Gasteiger partial charge in [-0.15, -0.1) is 0 Å². The van der Waals surface area contributed by atoms with Gasteiger partial charge >= 0.3 is 0 Å². The van der Waals surface area contributed by atoms with Crippen LogP contribution in [0.5, 0.6) is 0 Å². The minimum absolute atomic E-state index is 0.163. The van der Waals surface area contributed by atoms with Crippen LogP contribution in [0.2, 0.25) is 0 Å². The van der Waals surface area contributed by atoms with E-state index in [1.54, 1.807) is 0 Å². The van der Waals surface area contributed by atoms with Crippen molar-refractivity contribution in [1.82, 2.24) is 0 Å². The summed E-state index contributed by atoms with van der Waals surface area (Å²) < 4.78 is 0. The van der Waals surface area contributed by atoms with E-state index in [4.69, 9.17) is 0 Å². The van der Waals surface area contributed by atoms with E-state index in [1.165, 1.54) is 32.1 Å². The molecule has 0 saturated heterocycles. The minimum Gasteiger partial charge on any atom is -0.265 e. The maximum absolute atomic E-state index is 10.0. The van der Waals surface area contributed by atoms with Gasteiger partial charge in [0.1, 0.15) is 0 Å². The molecule has 1 aliphatic carbocycles. The summed E-state index contributed by atoms with van der Waals surface area (Å²) in [5.74, 6) is 0.790. The molecular weight excluding hydrogens is 154 g/mol. The molecule has 0 unspecified atom stereocenters. The van der Waals surface area contributed by atoms with Crippen molar-refractivity contribution in [3.63, 3.8) is 0 Å². The molecule has 0 radical (unpaired) electrons. The molecule has 12 heavy (non-hydrogen) atoms. The van der Waals surface area contributed by atoms with E-state index in [9.17, 15) is 10.1 Å². The number of rotatable bonds is 4. The summed E-state index contributed by atoms with van der Waals surface area (Å²) in [7, 11) is 0. The molecule has 1 fully saturated rings. The molecule has 0 amide bonds. The lowest BCUT2D eigenvalue weighted by Crippen LogP contribution is -2.09. The Morgan fingerprint density at radius 1 is 1.25 bits per heavy atom. The van der Waals surface area contributed by atoms with Gasteiger partial charge < -0.3 is 0 Å². The fraction of sp³-hybridized carbons (Fsp3) is 1.00. The molecule has 0 aromatic heterocycles. The van der Waals surface area contributed by atoms with E-state index in [2.05, 4.69) is 0 Å². The van der Waals surface area contributed by atoms with Gasteiger partial charge in [-0.1, -0.05) is 32.1 Å². The second kappa shape index (κ2) is 5.12. The smallest absolute Gasteiger partial charge is 0.203 e. The average molecular weight is 171 g/mol. The summed E-state index contributed by atoms with van der Waals surface area (Å²) in [5.41, 5.74) is 0. The molecule has 1 rings (SSSR count). The average Bonchev–Trinajstić information content (AvgIpc) is 2.05. The second-order valence-corrected chi connectivity index (χ2v) is 3.70. The van der Waals surface area contributed by atoms with Crippen molar-refractivity contribution in [2.75, 3.05) is 6.54 Å². The first-order valence-corrected chi connectivity index (χ1v) is 4.91. The van der Waals surface area contributed by atoms with Gasteiger partial charge in [0.05, 0.1) is 0 Å². The van der Waals surface area contributed by atoms with Crippen LogP contribution in [0.15, 0.2) is 0 Å². The van der Waals surface area contributed by atoms with Gasteiger partial charge in [-0.05, 0) is 12.3 Å². The zero-order chi connectivity index (χ0) is 8.81. The molecule has 3 heteroatoms. The molecule has 0 aliphatic heterocycles. The Morgan fingerprint density at radius 2 is 1.92 bits per heavy atom. The van der Waals surface area contributed by atoms with Gasteiger partial charge in [-0.2, -0.15) is 0 Å². The van der Waals surface area contributed by atoms with Crippen molar-refractivity contribution in [2.45, 2.75) is 44.9 Å². The van der Waals surface area contributed by atoms with Crippen molar-refractivity contribution in [3.8, 4) is 0 Å². The predicted molar refractivity (Wildman–Crippen MR) is 47.7 cm³/mol. The van der Waals surface area contributed by atoms with Crippen LogP contribution in [0.1, 0.15) is 44.9 Å². The third-order valence-corrected chi connectivity index (χ3v) is 2.68. The van der Waals surface area contributed by atoms with Crippen molar-refractivity contribution < 1.29 is 4.92 Å². The Kier molecular flexibility index (Phi) is 4.05. The molecular formula is C9H17NO2. The second-order valence-electron chi connectivity index (χ2n) is 3.70. The summed E-state index contributed by atoms with van der Waals surface area (Å²) in [6, 6.07) is 0. The van der Waals surface area contributed by atoms with E-state index in [0.717, 1.165) is 18.8 Å². The molecule has 0 N–H and O–H groups in total. The number of hydrogen-bond acceptors (Lipinski definition) is 2. The van der Waals surface area contributed by atoms with Crippen molar-refractivity contribution in [2.24, 2.45) is 5.92 Å². The van der Waals surface area contributed by atoms with Crippen LogP contribution in [0.3, 0.4) is 0 Å². The summed E-state index contributed by atoms with van der Waals surface area (Å²) in [5, 5.41) is 10.0. The van der Waals surface area contributed by atoms with E-state index >= 15 is 0 Å². The van der Waals surface area contributed by atoms with Gasteiger partial charge in [0.25, 0.3) is 0 Å². The molecule has 0 spiro atoms. The molecule has 0 heterocycles. The minimum atomic E-state index is -0.206. The van der Waals surface area contributed by atoms with Crippen molar-refractivity contribution in [3.05, 3.63) is 10.1 Å². The fourth-order valence-electron chi connectivity index (χ4n) is 1.98. The van der Waals surface area contributed by atoms with Crippen LogP contribution in [0, 0.1) is 16.0 Å². The fourth-order valence-corrected chi connectivity index (χ4v) is 1.98. The molecule has 70 valence electrons. The zero-order valence-corrected chi connectivity index (χ0v) is 7.50. The molecule has 0 aromatic carbocycles. The zero-order valence-electron chi connectivity index (χ0n) is 7.50. The van der Waals surface area contributed by atoms with E-state index in [0.29, 0.717) is 0 Å². The first kappa shape index (κ1) is 9.49. The van der Waals surface area contributed by atoms with Gasteiger partial charge in [-0.25, -0.2) is 0 Å². The van der Waals surface area contributed by atoms with E-state index in [1.807, 2.05) is 0 Å². The molecule has 3 nitrogen and oxygen atoms in total. The van der Waals surface area contributed by atoms with Crippen LogP contribution < -0.4 is 0 Å². The summed E-state index contributed by atoms with van der Waals surface area (Å²) in [6.45, 7) is 0.163. The van der Waals surface area contributed by atoms with Gasteiger partial charge in [-0.3, -0.25) is 10.1 Å². The number of hydrogen-bond donors (Lipinski definition) is 0. The Bertz CT molecular complexity index is 141. The summed E-state index contributed by atoms with van der Waals surface area (Å²) in [4.78, 5) is 9.84. The lowest BCUT2D eigenvalue weighted by atomic mass is 9.86. The largest absolute Gasteiger partial charge is 0.265 e. The normalized spacial score (nSPS) is 19.3. The molecule has 0 aromatic rings. The highest BCUT2D eigenvalue weighted by molar-refractivity contribution is 4.65. The maximum atomic E-state index is 10.0. The Balaban J connectivity index is 2.01. The van der Waals surface area contributed by atoms with Gasteiger partial charge in [0, 0.05) is 11.3 Å². The third-order valence-electron chi connectivity index (χ3n) is 2.68. The third kappa shape index (κ3) is 3.69. The summed E-state index contributed by atoms with van der Waals surface area (Å²) >= 11 is 0. The van der Waals surface area contributed by atoms with Crippen LogP contribution in [0.4, 0.5) is 0 Å². The van der Waals surface area contributed by atoms with Crippen molar-refractivity contribution in [1.29, 1.82) is 0 Å². The Labute approximate surface area is 73.3 Å². The topological polar surface area (TPSA) is 43.1 Å². The first-order chi connectivity index (χ1) is 5.79. The predicted octanol–water partition coefficient (Wildman–Crippen LogP) is 2.62. The monoisotopic (exact) mass is 171 g/mol. The SMILES string of the molecule is O=[N+]([O-])CCCC1CCCCC1. The highest BCUT2D eigenvalue weighted by Gasteiger charge is 2.13. The maximum Gasteiger partial charge on any atom is 0.203 e. The molecule has 0 atom stereocenters.